The summed E-state index contributed by atoms with van der Waals surface area (Å²) in [4.78, 5) is 0. The summed E-state index contributed by atoms with van der Waals surface area (Å²) in [5.41, 5.74) is 0. The predicted octanol–water partition coefficient (Wildman–Crippen LogP) is 1.84. The van der Waals surface area contributed by atoms with Crippen molar-refractivity contribution in [3.8, 4) is 5.75 Å². The topological polar surface area (TPSA) is 44.8 Å². The summed E-state index contributed by atoms with van der Waals surface area (Å²) in [6, 6.07) is 8.95. The van der Waals surface area contributed by atoms with Crippen molar-refractivity contribution in [2.45, 2.75) is 18.9 Å². The smallest absolute Gasteiger partial charge is 0.360 e. The summed E-state index contributed by atoms with van der Waals surface area (Å²) in [5.74, 6) is 0.535. The first kappa shape index (κ1) is 11.6. The average Bonchev–Trinajstić information content (AvgIpc) is 2.81. The highest BCUT2D eigenvalue weighted by Crippen LogP contribution is 2.14. The van der Waals surface area contributed by atoms with Crippen LogP contribution in [0.3, 0.4) is 0 Å². The molecule has 0 saturated carbocycles. The zero-order valence-corrected chi connectivity index (χ0v) is 9.65. The molecule has 1 aromatic carbocycles. The van der Waals surface area contributed by atoms with Crippen molar-refractivity contribution in [2.75, 3.05) is 13.2 Å². The normalized spacial score (nSPS) is 21.9. The third-order valence-corrected chi connectivity index (χ3v) is 2.94. The Morgan fingerprint density at radius 1 is 1.38 bits per heavy atom. The highest BCUT2D eigenvalue weighted by molar-refractivity contribution is 7.75. The molecule has 0 amide bonds. The van der Waals surface area contributed by atoms with E-state index in [1.807, 2.05) is 18.2 Å². The van der Waals surface area contributed by atoms with Crippen LogP contribution < -0.4 is 4.18 Å². The van der Waals surface area contributed by atoms with Crippen LogP contribution >= 0.6 is 0 Å². The highest BCUT2D eigenvalue weighted by atomic mass is 32.2. The minimum atomic E-state index is -1.75. The summed E-state index contributed by atoms with van der Waals surface area (Å²) >= 11 is -1.75. The van der Waals surface area contributed by atoms with Crippen molar-refractivity contribution in [3.63, 3.8) is 0 Å². The van der Waals surface area contributed by atoms with Gasteiger partial charge in [0.1, 0.15) is 5.75 Å². The number of rotatable bonds is 5. The SMILES string of the molecule is O=S(OCC1CCCO1)Oc1ccccc1. The van der Waals surface area contributed by atoms with Gasteiger partial charge in [0.15, 0.2) is 0 Å². The lowest BCUT2D eigenvalue weighted by Crippen LogP contribution is -2.17. The lowest BCUT2D eigenvalue weighted by atomic mass is 10.2. The van der Waals surface area contributed by atoms with E-state index >= 15 is 0 Å². The average molecular weight is 242 g/mol. The molecule has 1 aromatic rings. The maximum atomic E-state index is 11.4. The Morgan fingerprint density at radius 2 is 2.19 bits per heavy atom. The Morgan fingerprint density at radius 3 is 2.88 bits per heavy atom. The monoisotopic (exact) mass is 242 g/mol. The van der Waals surface area contributed by atoms with Crippen molar-refractivity contribution >= 4 is 11.4 Å². The summed E-state index contributed by atoms with van der Waals surface area (Å²) in [7, 11) is 0. The van der Waals surface area contributed by atoms with Gasteiger partial charge in [0, 0.05) is 6.61 Å². The van der Waals surface area contributed by atoms with E-state index in [-0.39, 0.29) is 6.10 Å². The fraction of sp³-hybridized carbons (Fsp3) is 0.455. The van der Waals surface area contributed by atoms with Crippen LogP contribution in [0.2, 0.25) is 0 Å². The van der Waals surface area contributed by atoms with Gasteiger partial charge in [0.05, 0.1) is 12.7 Å². The molecule has 1 aliphatic heterocycles. The van der Waals surface area contributed by atoms with Gasteiger partial charge in [-0.25, -0.2) is 0 Å². The summed E-state index contributed by atoms with van der Waals surface area (Å²) in [5, 5.41) is 0. The molecule has 5 heteroatoms. The van der Waals surface area contributed by atoms with Crippen LogP contribution in [0.1, 0.15) is 12.8 Å². The van der Waals surface area contributed by atoms with Crippen LogP contribution in [0.15, 0.2) is 30.3 Å². The Hall–Kier alpha value is -0.910. The molecule has 16 heavy (non-hydrogen) atoms. The van der Waals surface area contributed by atoms with E-state index in [0.29, 0.717) is 12.4 Å². The molecule has 88 valence electrons. The van der Waals surface area contributed by atoms with Gasteiger partial charge in [-0.1, -0.05) is 18.2 Å². The second-order valence-electron chi connectivity index (χ2n) is 3.52. The van der Waals surface area contributed by atoms with Gasteiger partial charge >= 0.3 is 11.4 Å². The Kier molecular flexibility index (Phi) is 4.33. The Balaban J connectivity index is 1.72. The molecule has 1 fully saturated rings. The minimum absolute atomic E-state index is 0.0586. The number of benzene rings is 1. The van der Waals surface area contributed by atoms with E-state index in [9.17, 15) is 4.21 Å². The van der Waals surface area contributed by atoms with Gasteiger partial charge in [-0.2, -0.15) is 4.21 Å². The molecule has 0 aromatic heterocycles. The maximum absolute atomic E-state index is 11.4. The van der Waals surface area contributed by atoms with E-state index in [0.717, 1.165) is 19.4 Å². The Labute approximate surface area is 97.4 Å². The van der Waals surface area contributed by atoms with Crippen molar-refractivity contribution in [1.29, 1.82) is 0 Å². The molecule has 1 saturated heterocycles. The largest absolute Gasteiger partial charge is 0.380 e. The van der Waals surface area contributed by atoms with Crippen molar-refractivity contribution < 1.29 is 17.3 Å². The van der Waals surface area contributed by atoms with Crippen LogP contribution in [-0.2, 0) is 20.3 Å². The quantitative estimate of drug-likeness (QED) is 0.790. The molecule has 0 aliphatic carbocycles. The molecule has 0 bridgehead atoms. The van der Waals surface area contributed by atoms with Crippen LogP contribution in [0.4, 0.5) is 0 Å². The molecular weight excluding hydrogens is 228 g/mol. The lowest BCUT2D eigenvalue weighted by Gasteiger charge is -2.09. The van der Waals surface area contributed by atoms with Crippen molar-refractivity contribution in [1.82, 2.24) is 0 Å². The molecule has 2 rings (SSSR count). The van der Waals surface area contributed by atoms with E-state index in [1.165, 1.54) is 0 Å². The zero-order valence-electron chi connectivity index (χ0n) is 8.83. The van der Waals surface area contributed by atoms with Gasteiger partial charge in [-0.3, -0.25) is 4.18 Å². The molecule has 0 spiro atoms. The van der Waals surface area contributed by atoms with Crippen LogP contribution in [0.25, 0.3) is 0 Å². The first-order chi connectivity index (χ1) is 7.84. The Bertz CT molecular complexity index is 335. The molecule has 1 aliphatic rings. The van der Waals surface area contributed by atoms with Gasteiger partial charge in [0.25, 0.3) is 0 Å². The number of para-hydroxylation sites is 1. The van der Waals surface area contributed by atoms with E-state index in [2.05, 4.69) is 0 Å². The third-order valence-electron chi connectivity index (χ3n) is 2.28. The standard InChI is InChI=1S/C11H14O4S/c12-16(14-9-11-7-4-8-13-11)15-10-5-2-1-3-6-10/h1-3,5-6,11H,4,7-9H2. The fourth-order valence-corrected chi connectivity index (χ4v) is 2.07. The second-order valence-corrected chi connectivity index (χ2v) is 4.33. The molecular formula is C11H14O4S. The summed E-state index contributed by atoms with van der Waals surface area (Å²) in [6.45, 7) is 1.08. The van der Waals surface area contributed by atoms with Crippen LogP contribution in [0.5, 0.6) is 5.75 Å². The van der Waals surface area contributed by atoms with Gasteiger partial charge in [-0.05, 0) is 25.0 Å². The maximum Gasteiger partial charge on any atom is 0.360 e. The summed E-state index contributed by atoms with van der Waals surface area (Å²) < 4.78 is 26.8. The first-order valence-corrected chi connectivity index (χ1v) is 6.24. The summed E-state index contributed by atoms with van der Waals surface area (Å²) in [6.07, 6.45) is 2.06. The minimum Gasteiger partial charge on any atom is -0.380 e. The van der Waals surface area contributed by atoms with Crippen LogP contribution in [0, 0.1) is 0 Å². The van der Waals surface area contributed by atoms with Gasteiger partial charge < -0.3 is 8.92 Å². The first-order valence-electron chi connectivity index (χ1n) is 5.24. The molecule has 0 N–H and O–H groups in total. The number of hydrogen-bond donors (Lipinski definition) is 0. The van der Waals surface area contributed by atoms with Crippen molar-refractivity contribution in [2.24, 2.45) is 0 Å². The van der Waals surface area contributed by atoms with Gasteiger partial charge in [0.2, 0.25) is 0 Å². The van der Waals surface area contributed by atoms with E-state index in [4.69, 9.17) is 13.1 Å². The van der Waals surface area contributed by atoms with E-state index < -0.39 is 11.4 Å². The molecule has 4 nitrogen and oxygen atoms in total. The number of ether oxygens (including phenoxy) is 1. The van der Waals surface area contributed by atoms with Gasteiger partial charge in [-0.15, -0.1) is 0 Å². The van der Waals surface area contributed by atoms with Crippen LogP contribution in [-0.4, -0.2) is 23.5 Å². The molecule has 2 unspecified atom stereocenters. The molecule has 0 radical (unpaired) electrons. The zero-order chi connectivity index (χ0) is 11.2. The lowest BCUT2D eigenvalue weighted by molar-refractivity contribution is 0.0698. The third kappa shape index (κ3) is 3.59. The van der Waals surface area contributed by atoms with E-state index in [1.54, 1.807) is 12.1 Å². The van der Waals surface area contributed by atoms with Crippen molar-refractivity contribution in [3.05, 3.63) is 30.3 Å². The highest BCUT2D eigenvalue weighted by Gasteiger charge is 2.17. The fourth-order valence-electron chi connectivity index (χ4n) is 1.49. The predicted molar refractivity (Wildman–Crippen MR) is 60.1 cm³/mol. The number of hydrogen-bond acceptors (Lipinski definition) is 4. The molecule has 1 heterocycles. The second kappa shape index (κ2) is 5.98. The molecule has 2 atom stereocenters.